The van der Waals surface area contributed by atoms with E-state index in [1.165, 1.54) is 25.8 Å². The van der Waals surface area contributed by atoms with Crippen molar-refractivity contribution in [3.05, 3.63) is 65.9 Å². The van der Waals surface area contributed by atoms with Crippen molar-refractivity contribution in [2.75, 3.05) is 14.2 Å². The van der Waals surface area contributed by atoms with Gasteiger partial charge in [0, 0.05) is 12.5 Å². The van der Waals surface area contributed by atoms with Crippen LogP contribution in [0.5, 0.6) is 5.75 Å². The molecule has 0 atom stereocenters. The van der Waals surface area contributed by atoms with Gasteiger partial charge in [-0.25, -0.2) is 14.3 Å². The van der Waals surface area contributed by atoms with Crippen molar-refractivity contribution in [2.24, 2.45) is 0 Å². The van der Waals surface area contributed by atoms with Crippen LogP contribution < -0.4 is 4.74 Å². The molecule has 0 saturated carbocycles. The summed E-state index contributed by atoms with van der Waals surface area (Å²) in [4.78, 5) is 36.4. The van der Waals surface area contributed by atoms with Gasteiger partial charge in [0.2, 0.25) is 0 Å². The third-order valence-corrected chi connectivity index (χ3v) is 4.02. The Kier molecular flexibility index (Phi) is 5.73. The number of carbonyl (C=O) groups excluding carboxylic acids is 3. The zero-order valence-electron chi connectivity index (χ0n) is 16.0. The summed E-state index contributed by atoms with van der Waals surface area (Å²) in [6, 6.07) is 15.3. The number of rotatable bonds is 5. The number of para-hydroxylation sites is 1. The zero-order valence-corrected chi connectivity index (χ0v) is 16.0. The summed E-state index contributed by atoms with van der Waals surface area (Å²) in [5.41, 5.74) is 1.08. The fraction of sp³-hybridized carbons (Fsp3) is 0.143. The van der Waals surface area contributed by atoms with Gasteiger partial charge in [0.25, 0.3) is 0 Å². The first kappa shape index (κ1) is 19.8. The molecule has 148 valence electrons. The molecule has 8 nitrogen and oxygen atoms in total. The first-order chi connectivity index (χ1) is 14.0. The maximum Gasteiger partial charge on any atom is 0.357 e. The van der Waals surface area contributed by atoms with Crippen LogP contribution in [0.2, 0.25) is 0 Å². The lowest BCUT2D eigenvalue weighted by atomic mass is 10.1. The van der Waals surface area contributed by atoms with Crippen LogP contribution in [0.4, 0.5) is 0 Å². The van der Waals surface area contributed by atoms with Crippen LogP contribution in [0.1, 0.15) is 27.8 Å². The Labute approximate surface area is 166 Å². The van der Waals surface area contributed by atoms with Gasteiger partial charge in [-0.15, -0.1) is 0 Å². The zero-order chi connectivity index (χ0) is 21.0. The lowest BCUT2D eigenvalue weighted by Gasteiger charge is -2.07. The van der Waals surface area contributed by atoms with Crippen molar-refractivity contribution in [1.29, 1.82) is 0 Å². The quantitative estimate of drug-likeness (QED) is 0.485. The predicted octanol–water partition coefficient (Wildman–Crippen LogP) is 3.04. The number of ether oxygens (including phenoxy) is 3. The molecule has 0 bridgehead atoms. The largest absolute Gasteiger partial charge is 0.465 e. The van der Waals surface area contributed by atoms with E-state index in [0.29, 0.717) is 11.3 Å². The Morgan fingerprint density at radius 2 is 1.59 bits per heavy atom. The minimum Gasteiger partial charge on any atom is -0.465 e. The number of hydrogen-bond donors (Lipinski definition) is 0. The first-order valence-corrected chi connectivity index (χ1v) is 8.60. The Balaban J connectivity index is 2.29. The van der Waals surface area contributed by atoms with E-state index in [9.17, 15) is 14.4 Å². The van der Waals surface area contributed by atoms with Crippen LogP contribution >= 0.6 is 0 Å². The van der Waals surface area contributed by atoms with Crippen LogP contribution in [0.25, 0.3) is 16.9 Å². The molecule has 0 saturated heterocycles. The van der Waals surface area contributed by atoms with E-state index in [1.54, 1.807) is 48.5 Å². The van der Waals surface area contributed by atoms with Crippen LogP contribution in [0.15, 0.2) is 54.6 Å². The third-order valence-electron chi connectivity index (χ3n) is 4.02. The lowest BCUT2D eigenvalue weighted by molar-refractivity contribution is -0.131. The second-order valence-electron chi connectivity index (χ2n) is 5.92. The van der Waals surface area contributed by atoms with Crippen LogP contribution in [0.3, 0.4) is 0 Å². The van der Waals surface area contributed by atoms with E-state index < -0.39 is 17.9 Å². The van der Waals surface area contributed by atoms with Gasteiger partial charge in [-0.05, 0) is 24.3 Å². The Hall–Kier alpha value is -3.94. The summed E-state index contributed by atoms with van der Waals surface area (Å²) in [6.45, 7) is 1.28. The maximum absolute atomic E-state index is 12.6. The smallest absolute Gasteiger partial charge is 0.357 e. The summed E-state index contributed by atoms with van der Waals surface area (Å²) < 4.78 is 16.2. The molecule has 3 aromatic rings. The topological polar surface area (TPSA) is 96.7 Å². The monoisotopic (exact) mass is 394 g/mol. The highest BCUT2D eigenvalue weighted by Gasteiger charge is 2.31. The molecule has 0 amide bonds. The van der Waals surface area contributed by atoms with Gasteiger partial charge in [-0.3, -0.25) is 4.79 Å². The first-order valence-electron chi connectivity index (χ1n) is 8.60. The number of methoxy groups -OCH3 is 2. The van der Waals surface area contributed by atoms with Gasteiger partial charge >= 0.3 is 17.9 Å². The molecule has 0 spiro atoms. The molecule has 2 aromatic carbocycles. The van der Waals surface area contributed by atoms with Crippen molar-refractivity contribution < 1.29 is 28.6 Å². The summed E-state index contributed by atoms with van der Waals surface area (Å²) in [6.07, 6.45) is 0. The summed E-state index contributed by atoms with van der Waals surface area (Å²) >= 11 is 0. The average Bonchev–Trinajstić information content (AvgIpc) is 3.13. The number of carbonyl (C=O) groups is 3. The van der Waals surface area contributed by atoms with Crippen LogP contribution in [-0.2, 0) is 14.3 Å². The number of esters is 3. The minimum absolute atomic E-state index is 0.0526. The maximum atomic E-state index is 12.6. The second kappa shape index (κ2) is 8.39. The van der Waals surface area contributed by atoms with E-state index in [-0.39, 0.29) is 22.7 Å². The van der Waals surface area contributed by atoms with Crippen LogP contribution in [0, 0.1) is 0 Å². The fourth-order valence-electron chi connectivity index (χ4n) is 2.83. The predicted molar refractivity (Wildman–Crippen MR) is 103 cm³/mol. The van der Waals surface area contributed by atoms with E-state index in [2.05, 4.69) is 5.10 Å². The van der Waals surface area contributed by atoms with Gasteiger partial charge in [-0.1, -0.05) is 30.3 Å². The third kappa shape index (κ3) is 4.01. The highest BCUT2D eigenvalue weighted by Crippen LogP contribution is 2.31. The number of hydrogen-bond acceptors (Lipinski definition) is 7. The van der Waals surface area contributed by atoms with Gasteiger partial charge in [0.05, 0.1) is 19.9 Å². The Morgan fingerprint density at radius 3 is 2.21 bits per heavy atom. The molecule has 1 heterocycles. The Bertz CT molecular complexity index is 1070. The number of nitrogens with zero attached hydrogens (tertiary/aromatic N) is 2. The lowest BCUT2D eigenvalue weighted by Crippen LogP contribution is -2.15. The average molecular weight is 394 g/mol. The normalized spacial score (nSPS) is 10.3. The number of aromatic nitrogens is 2. The van der Waals surface area contributed by atoms with Gasteiger partial charge in [0.1, 0.15) is 17.0 Å². The van der Waals surface area contributed by atoms with Gasteiger partial charge in [0.15, 0.2) is 5.69 Å². The molecule has 0 unspecified atom stereocenters. The van der Waals surface area contributed by atoms with Crippen molar-refractivity contribution in [2.45, 2.75) is 6.92 Å². The van der Waals surface area contributed by atoms with E-state index in [4.69, 9.17) is 14.2 Å². The van der Waals surface area contributed by atoms with Gasteiger partial charge < -0.3 is 14.2 Å². The van der Waals surface area contributed by atoms with Crippen LogP contribution in [-0.4, -0.2) is 41.9 Å². The molecule has 1 aromatic heterocycles. The Morgan fingerprint density at radius 1 is 0.897 bits per heavy atom. The van der Waals surface area contributed by atoms with Gasteiger partial charge in [-0.2, -0.15) is 5.10 Å². The number of benzene rings is 2. The molecule has 0 aliphatic carbocycles. The van der Waals surface area contributed by atoms with Crippen molar-refractivity contribution >= 4 is 17.9 Å². The molecule has 0 N–H and O–H groups in total. The molecular formula is C21H18N2O6. The second-order valence-corrected chi connectivity index (χ2v) is 5.92. The molecular weight excluding hydrogens is 376 g/mol. The summed E-state index contributed by atoms with van der Waals surface area (Å²) in [7, 11) is 2.43. The minimum atomic E-state index is -0.750. The van der Waals surface area contributed by atoms with Crippen molar-refractivity contribution in [3.8, 4) is 22.7 Å². The molecule has 0 radical (unpaired) electrons. The van der Waals surface area contributed by atoms with Crippen molar-refractivity contribution in [3.63, 3.8) is 0 Å². The highest BCUT2D eigenvalue weighted by molar-refractivity contribution is 6.06. The summed E-state index contributed by atoms with van der Waals surface area (Å²) in [5, 5.41) is 4.48. The molecule has 29 heavy (non-hydrogen) atoms. The van der Waals surface area contributed by atoms with E-state index in [0.717, 1.165) is 0 Å². The molecule has 0 aliphatic heterocycles. The van der Waals surface area contributed by atoms with E-state index >= 15 is 0 Å². The fourth-order valence-corrected chi connectivity index (χ4v) is 2.83. The molecule has 0 aliphatic rings. The van der Waals surface area contributed by atoms with Crippen molar-refractivity contribution in [1.82, 2.24) is 9.78 Å². The SMILES string of the molecule is COC(=O)c1c(-c2cccc(OC(C)=O)c2)nn(-c2ccccc2)c1C(=O)OC. The molecule has 0 fully saturated rings. The highest BCUT2D eigenvalue weighted by atomic mass is 16.5. The standard InChI is InChI=1S/C21H18N2O6/c1-13(24)29-16-11-7-8-14(12-16)18-17(20(25)27-2)19(21(26)28-3)23(22-18)15-9-5-4-6-10-15/h4-12H,1-3H3. The van der Waals surface area contributed by atoms with E-state index in [1.807, 2.05) is 6.07 Å². The molecule has 8 heteroatoms. The summed E-state index contributed by atoms with van der Waals surface area (Å²) in [5.74, 6) is -1.70. The molecule has 3 rings (SSSR count).